The van der Waals surface area contributed by atoms with Crippen LogP contribution in [0.5, 0.6) is 0 Å². The number of hydrogen-bond donors (Lipinski definition) is 1. The second-order valence-corrected chi connectivity index (χ2v) is 8.64. The lowest BCUT2D eigenvalue weighted by Crippen LogP contribution is -2.50. The molecule has 0 aromatic carbocycles. The van der Waals surface area contributed by atoms with Crippen LogP contribution in [0.3, 0.4) is 0 Å². The topological polar surface area (TPSA) is 15.3 Å². The van der Waals surface area contributed by atoms with Gasteiger partial charge in [-0.3, -0.25) is 0 Å². The molecule has 1 N–H and O–H groups in total. The molecule has 1 saturated carbocycles. The lowest BCUT2D eigenvalue weighted by molar-refractivity contribution is 0.0905. The summed E-state index contributed by atoms with van der Waals surface area (Å²) in [6, 6.07) is 0.813. The van der Waals surface area contributed by atoms with Gasteiger partial charge in [-0.2, -0.15) is 0 Å². The zero-order chi connectivity index (χ0) is 16.1. The molecule has 0 aliphatic heterocycles. The van der Waals surface area contributed by atoms with Crippen LogP contribution in [0, 0.1) is 11.3 Å². The number of rotatable bonds is 7. The van der Waals surface area contributed by atoms with Gasteiger partial charge in [-0.25, -0.2) is 0 Å². The first kappa shape index (κ1) is 19.0. The standard InChI is InChI=1S/C19H40N2/c1-8-19(9-2,14-20-18(4,5)6)15-21(7)17-12-10-16(3)11-13-17/h16-17,20H,8-15H2,1-7H3. The molecule has 0 saturated heterocycles. The van der Waals surface area contributed by atoms with Gasteiger partial charge in [0, 0.05) is 24.7 Å². The fourth-order valence-electron chi connectivity index (χ4n) is 3.57. The van der Waals surface area contributed by atoms with E-state index < -0.39 is 0 Å². The summed E-state index contributed by atoms with van der Waals surface area (Å²) < 4.78 is 0. The Kier molecular flexibility index (Phi) is 7.19. The van der Waals surface area contributed by atoms with Crippen molar-refractivity contribution < 1.29 is 0 Å². The molecule has 0 spiro atoms. The fourth-order valence-corrected chi connectivity index (χ4v) is 3.57. The molecule has 0 unspecified atom stereocenters. The van der Waals surface area contributed by atoms with Crippen LogP contribution in [0.15, 0.2) is 0 Å². The minimum Gasteiger partial charge on any atom is -0.311 e. The normalized spacial score (nSPS) is 24.6. The summed E-state index contributed by atoms with van der Waals surface area (Å²) >= 11 is 0. The van der Waals surface area contributed by atoms with Crippen molar-refractivity contribution in [2.75, 3.05) is 20.1 Å². The molecule has 0 amide bonds. The van der Waals surface area contributed by atoms with Crippen LogP contribution in [0.25, 0.3) is 0 Å². The van der Waals surface area contributed by atoms with Crippen molar-refractivity contribution in [3.05, 3.63) is 0 Å². The van der Waals surface area contributed by atoms with E-state index in [0.29, 0.717) is 5.41 Å². The smallest absolute Gasteiger partial charge is 0.00967 e. The molecular formula is C19H40N2. The summed E-state index contributed by atoms with van der Waals surface area (Å²) in [4.78, 5) is 2.67. The van der Waals surface area contributed by atoms with Gasteiger partial charge in [0.05, 0.1) is 0 Å². The maximum absolute atomic E-state index is 3.75. The van der Waals surface area contributed by atoms with Crippen LogP contribution < -0.4 is 5.32 Å². The Hall–Kier alpha value is -0.0800. The largest absolute Gasteiger partial charge is 0.311 e. The molecule has 0 heterocycles. The van der Waals surface area contributed by atoms with Gasteiger partial charge in [0.2, 0.25) is 0 Å². The summed E-state index contributed by atoms with van der Waals surface area (Å²) in [5, 5.41) is 3.75. The summed E-state index contributed by atoms with van der Waals surface area (Å²) in [5.74, 6) is 0.944. The Morgan fingerprint density at radius 3 is 1.95 bits per heavy atom. The molecule has 1 fully saturated rings. The summed E-state index contributed by atoms with van der Waals surface area (Å²) in [5.41, 5.74) is 0.638. The van der Waals surface area contributed by atoms with Gasteiger partial charge >= 0.3 is 0 Å². The van der Waals surface area contributed by atoms with Crippen LogP contribution in [-0.2, 0) is 0 Å². The maximum atomic E-state index is 3.75. The zero-order valence-electron chi connectivity index (χ0n) is 15.8. The van der Waals surface area contributed by atoms with E-state index in [2.05, 4.69) is 58.8 Å². The van der Waals surface area contributed by atoms with Gasteiger partial charge in [0.1, 0.15) is 0 Å². The third kappa shape index (κ3) is 6.28. The van der Waals surface area contributed by atoms with Crippen molar-refractivity contribution in [3.8, 4) is 0 Å². The molecule has 0 aromatic heterocycles. The van der Waals surface area contributed by atoms with Crippen LogP contribution in [0.1, 0.15) is 80.1 Å². The van der Waals surface area contributed by atoms with Gasteiger partial charge in [0.25, 0.3) is 0 Å². The van der Waals surface area contributed by atoms with E-state index in [0.717, 1.165) is 18.5 Å². The molecule has 0 bridgehead atoms. The maximum Gasteiger partial charge on any atom is 0.00967 e. The second-order valence-electron chi connectivity index (χ2n) is 8.64. The molecule has 126 valence electrons. The molecule has 1 rings (SSSR count). The Labute approximate surface area is 134 Å². The lowest BCUT2D eigenvalue weighted by Gasteiger charge is -2.42. The van der Waals surface area contributed by atoms with Crippen LogP contribution >= 0.6 is 0 Å². The van der Waals surface area contributed by atoms with E-state index in [-0.39, 0.29) is 5.54 Å². The van der Waals surface area contributed by atoms with Crippen molar-refractivity contribution in [3.63, 3.8) is 0 Å². The van der Waals surface area contributed by atoms with E-state index in [1.165, 1.54) is 45.1 Å². The van der Waals surface area contributed by atoms with Crippen molar-refractivity contribution >= 4 is 0 Å². The molecular weight excluding hydrogens is 256 g/mol. The second kappa shape index (κ2) is 7.97. The van der Waals surface area contributed by atoms with Gasteiger partial charge < -0.3 is 10.2 Å². The lowest BCUT2D eigenvalue weighted by atomic mass is 9.79. The number of hydrogen-bond acceptors (Lipinski definition) is 2. The minimum atomic E-state index is 0.217. The first-order chi connectivity index (χ1) is 9.71. The van der Waals surface area contributed by atoms with E-state index in [4.69, 9.17) is 0 Å². The molecule has 0 aromatic rings. The summed E-state index contributed by atoms with van der Waals surface area (Å²) in [6.07, 6.45) is 8.16. The average molecular weight is 297 g/mol. The number of nitrogens with one attached hydrogen (secondary N) is 1. The fraction of sp³-hybridized carbons (Fsp3) is 1.00. The van der Waals surface area contributed by atoms with Crippen molar-refractivity contribution in [1.29, 1.82) is 0 Å². The molecule has 0 atom stereocenters. The Morgan fingerprint density at radius 1 is 1.00 bits per heavy atom. The van der Waals surface area contributed by atoms with Crippen molar-refractivity contribution in [1.82, 2.24) is 10.2 Å². The van der Waals surface area contributed by atoms with E-state index in [1.807, 2.05) is 0 Å². The zero-order valence-corrected chi connectivity index (χ0v) is 15.8. The van der Waals surface area contributed by atoms with E-state index in [9.17, 15) is 0 Å². The molecule has 21 heavy (non-hydrogen) atoms. The van der Waals surface area contributed by atoms with Crippen LogP contribution in [0.2, 0.25) is 0 Å². The molecule has 1 aliphatic rings. The molecule has 2 heteroatoms. The molecule has 1 aliphatic carbocycles. The molecule has 0 radical (unpaired) electrons. The van der Waals surface area contributed by atoms with Crippen molar-refractivity contribution in [2.24, 2.45) is 11.3 Å². The quantitative estimate of drug-likeness (QED) is 0.733. The summed E-state index contributed by atoms with van der Waals surface area (Å²) in [7, 11) is 2.36. The molecule has 2 nitrogen and oxygen atoms in total. The predicted octanol–water partition coefficient (Wildman–Crippen LogP) is 4.69. The monoisotopic (exact) mass is 296 g/mol. The van der Waals surface area contributed by atoms with Gasteiger partial charge in [-0.1, -0.05) is 20.8 Å². The van der Waals surface area contributed by atoms with Crippen LogP contribution in [-0.4, -0.2) is 36.6 Å². The first-order valence-corrected chi connectivity index (χ1v) is 9.16. The summed E-state index contributed by atoms with van der Waals surface area (Å²) in [6.45, 7) is 16.3. The average Bonchev–Trinajstić information content (AvgIpc) is 2.43. The predicted molar refractivity (Wildman–Crippen MR) is 94.8 cm³/mol. The Morgan fingerprint density at radius 2 is 1.52 bits per heavy atom. The van der Waals surface area contributed by atoms with E-state index >= 15 is 0 Å². The SMILES string of the molecule is CCC(CC)(CNC(C)(C)C)CN(C)C1CCC(C)CC1. The van der Waals surface area contributed by atoms with Crippen molar-refractivity contribution in [2.45, 2.75) is 91.6 Å². The van der Waals surface area contributed by atoms with Gasteiger partial charge in [-0.05, 0) is 77.7 Å². The highest BCUT2D eigenvalue weighted by Crippen LogP contribution is 2.32. The highest BCUT2D eigenvalue weighted by atomic mass is 15.1. The van der Waals surface area contributed by atoms with Crippen LogP contribution in [0.4, 0.5) is 0 Å². The van der Waals surface area contributed by atoms with Gasteiger partial charge in [0.15, 0.2) is 0 Å². The third-order valence-corrected chi connectivity index (χ3v) is 5.69. The minimum absolute atomic E-state index is 0.217. The van der Waals surface area contributed by atoms with E-state index in [1.54, 1.807) is 0 Å². The van der Waals surface area contributed by atoms with Gasteiger partial charge in [-0.15, -0.1) is 0 Å². The number of nitrogens with zero attached hydrogens (tertiary/aromatic N) is 1. The third-order valence-electron chi connectivity index (χ3n) is 5.69. The highest BCUT2D eigenvalue weighted by molar-refractivity contribution is 4.88. The first-order valence-electron chi connectivity index (χ1n) is 9.16. The highest BCUT2D eigenvalue weighted by Gasteiger charge is 2.32. The Bertz CT molecular complexity index is 280. The Balaban J connectivity index is 2.59.